The molecule has 1 unspecified atom stereocenters. The number of rotatable bonds is 5. The molecule has 7 heteroatoms. The Labute approximate surface area is 109 Å². The summed E-state index contributed by atoms with van der Waals surface area (Å²) in [6.45, 7) is 1.63. The normalized spacial score (nSPS) is 11.5. The van der Waals surface area contributed by atoms with Gasteiger partial charge in [-0.2, -0.15) is 0 Å². The summed E-state index contributed by atoms with van der Waals surface area (Å²) in [5.41, 5.74) is 0.176. The van der Waals surface area contributed by atoms with Crippen molar-refractivity contribution in [2.24, 2.45) is 0 Å². The van der Waals surface area contributed by atoms with Crippen molar-refractivity contribution >= 4 is 17.7 Å². The van der Waals surface area contributed by atoms with Crippen molar-refractivity contribution in [2.45, 2.75) is 19.4 Å². The Bertz CT molecular complexity index is 479. The number of urea groups is 1. The molecular formula is C12H15FN2O4. The second-order valence-corrected chi connectivity index (χ2v) is 3.78. The molecule has 0 fully saturated rings. The van der Waals surface area contributed by atoms with E-state index in [9.17, 15) is 14.0 Å². The summed E-state index contributed by atoms with van der Waals surface area (Å²) in [6.07, 6.45) is 0.245. The maximum absolute atomic E-state index is 13.2. The summed E-state index contributed by atoms with van der Waals surface area (Å²) in [5, 5.41) is 13.4. The Hall–Kier alpha value is -2.31. The fraction of sp³-hybridized carbons (Fsp3) is 0.333. The van der Waals surface area contributed by atoms with Crippen LogP contribution in [-0.2, 0) is 4.79 Å². The topological polar surface area (TPSA) is 87.7 Å². The van der Waals surface area contributed by atoms with Crippen molar-refractivity contribution in [1.82, 2.24) is 5.32 Å². The molecule has 3 N–H and O–H groups in total. The molecule has 0 spiro atoms. The SMILES string of the molecule is CCC(NC(=O)Nc1cc(F)cc(OC)c1)C(=O)O. The summed E-state index contributed by atoms with van der Waals surface area (Å²) < 4.78 is 18.0. The lowest BCUT2D eigenvalue weighted by Crippen LogP contribution is -2.42. The molecule has 0 heterocycles. The van der Waals surface area contributed by atoms with Crippen LogP contribution in [0.5, 0.6) is 5.75 Å². The number of ether oxygens (including phenoxy) is 1. The van der Waals surface area contributed by atoms with Gasteiger partial charge in [-0.05, 0) is 12.5 Å². The number of methoxy groups -OCH3 is 1. The number of anilines is 1. The predicted octanol–water partition coefficient (Wildman–Crippen LogP) is 1.82. The van der Waals surface area contributed by atoms with Gasteiger partial charge in [-0.3, -0.25) is 0 Å². The number of carbonyl (C=O) groups excluding carboxylic acids is 1. The lowest BCUT2D eigenvalue weighted by molar-refractivity contribution is -0.139. The van der Waals surface area contributed by atoms with Gasteiger partial charge in [0.25, 0.3) is 0 Å². The van der Waals surface area contributed by atoms with E-state index >= 15 is 0 Å². The molecule has 2 amide bonds. The Morgan fingerprint density at radius 2 is 2.11 bits per heavy atom. The average Bonchev–Trinajstić information content (AvgIpc) is 2.34. The average molecular weight is 270 g/mol. The predicted molar refractivity (Wildman–Crippen MR) is 66.8 cm³/mol. The zero-order valence-electron chi connectivity index (χ0n) is 10.6. The first kappa shape index (κ1) is 14.7. The minimum atomic E-state index is -1.13. The molecule has 19 heavy (non-hydrogen) atoms. The number of nitrogens with one attached hydrogen (secondary N) is 2. The second kappa shape index (κ2) is 6.58. The Morgan fingerprint density at radius 3 is 2.63 bits per heavy atom. The van der Waals surface area contributed by atoms with Crippen LogP contribution < -0.4 is 15.4 Å². The molecule has 0 aliphatic carbocycles. The molecule has 0 bridgehead atoms. The number of aliphatic carboxylic acids is 1. The Morgan fingerprint density at radius 1 is 1.42 bits per heavy atom. The van der Waals surface area contributed by atoms with E-state index in [-0.39, 0.29) is 17.9 Å². The van der Waals surface area contributed by atoms with Crippen LogP contribution in [-0.4, -0.2) is 30.3 Å². The van der Waals surface area contributed by atoms with E-state index in [1.165, 1.54) is 13.2 Å². The van der Waals surface area contributed by atoms with Gasteiger partial charge in [0.2, 0.25) is 0 Å². The summed E-state index contributed by atoms with van der Waals surface area (Å²) in [5.74, 6) is -1.45. The number of carbonyl (C=O) groups is 2. The third-order valence-corrected chi connectivity index (χ3v) is 2.38. The first-order valence-corrected chi connectivity index (χ1v) is 5.61. The van der Waals surface area contributed by atoms with Crippen LogP contribution in [0, 0.1) is 5.82 Å². The molecule has 0 aromatic heterocycles. The summed E-state index contributed by atoms with van der Waals surface area (Å²) >= 11 is 0. The minimum Gasteiger partial charge on any atom is -0.497 e. The Balaban J connectivity index is 2.71. The van der Waals surface area contributed by atoms with Gasteiger partial charge < -0.3 is 20.5 Å². The van der Waals surface area contributed by atoms with E-state index in [1.807, 2.05) is 0 Å². The van der Waals surface area contributed by atoms with Gasteiger partial charge in [0.05, 0.1) is 7.11 Å². The van der Waals surface area contributed by atoms with E-state index in [0.29, 0.717) is 0 Å². The Kier molecular flexibility index (Phi) is 5.11. The van der Waals surface area contributed by atoms with E-state index < -0.39 is 23.9 Å². The van der Waals surface area contributed by atoms with Crippen LogP contribution in [0.15, 0.2) is 18.2 Å². The number of hydrogen-bond donors (Lipinski definition) is 3. The molecule has 1 aromatic carbocycles. The molecule has 0 aliphatic rings. The molecule has 0 aliphatic heterocycles. The van der Waals surface area contributed by atoms with Crippen molar-refractivity contribution in [1.29, 1.82) is 0 Å². The van der Waals surface area contributed by atoms with Crippen LogP contribution in [0.25, 0.3) is 0 Å². The number of carboxylic acid groups (broad SMARTS) is 1. The van der Waals surface area contributed by atoms with Gasteiger partial charge in [0.15, 0.2) is 0 Å². The van der Waals surface area contributed by atoms with E-state index in [2.05, 4.69) is 10.6 Å². The lowest BCUT2D eigenvalue weighted by Gasteiger charge is -2.13. The fourth-order valence-electron chi connectivity index (χ4n) is 1.42. The maximum Gasteiger partial charge on any atom is 0.326 e. The molecule has 1 atom stereocenters. The molecule has 0 saturated heterocycles. The van der Waals surface area contributed by atoms with Crippen molar-refractivity contribution in [3.05, 3.63) is 24.0 Å². The summed E-state index contributed by atoms with van der Waals surface area (Å²) in [4.78, 5) is 22.3. The van der Waals surface area contributed by atoms with Crippen molar-refractivity contribution in [3.63, 3.8) is 0 Å². The minimum absolute atomic E-state index is 0.176. The smallest absolute Gasteiger partial charge is 0.326 e. The standard InChI is InChI=1S/C12H15FN2O4/c1-3-10(11(16)17)15-12(18)14-8-4-7(13)5-9(6-8)19-2/h4-6,10H,3H2,1-2H3,(H,16,17)(H2,14,15,18). The van der Waals surface area contributed by atoms with Crippen LogP contribution in [0.3, 0.4) is 0 Å². The van der Waals surface area contributed by atoms with Gasteiger partial charge >= 0.3 is 12.0 Å². The first-order chi connectivity index (χ1) is 8.96. The van der Waals surface area contributed by atoms with Crippen LogP contribution >= 0.6 is 0 Å². The molecule has 104 valence electrons. The fourth-order valence-corrected chi connectivity index (χ4v) is 1.42. The van der Waals surface area contributed by atoms with E-state index in [1.54, 1.807) is 6.92 Å². The first-order valence-electron chi connectivity index (χ1n) is 5.61. The monoisotopic (exact) mass is 270 g/mol. The third kappa shape index (κ3) is 4.46. The number of amides is 2. The molecule has 0 saturated carbocycles. The van der Waals surface area contributed by atoms with Crippen LogP contribution in [0.2, 0.25) is 0 Å². The molecule has 6 nitrogen and oxygen atoms in total. The zero-order chi connectivity index (χ0) is 14.4. The number of hydrogen-bond acceptors (Lipinski definition) is 3. The second-order valence-electron chi connectivity index (χ2n) is 3.78. The van der Waals surface area contributed by atoms with E-state index in [4.69, 9.17) is 9.84 Å². The van der Waals surface area contributed by atoms with Gasteiger partial charge in [-0.1, -0.05) is 6.92 Å². The van der Waals surface area contributed by atoms with Gasteiger partial charge in [0, 0.05) is 17.8 Å². The third-order valence-electron chi connectivity index (χ3n) is 2.38. The largest absolute Gasteiger partial charge is 0.497 e. The van der Waals surface area contributed by atoms with Crippen LogP contribution in [0.4, 0.5) is 14.9 Å². The molecular weight excluding hydrogens is 255 g/mol. The quantitative estimate of drug-likeness (QED) is 0.761. The van der Waals surface area contributed by atoms with Gasteiger partial charge in [0.1, 0.15) is 17.6 Å². The van der Waals surface area contributed by atoms with E-state index in [0.717, 1.165) is 12.1 Å². The number of carboxylic acids is 1. The number of benzene rings is 1. The zero-order valence-corrected chi connectivity index (χ0v) is 10.6. The summed E-state index contributed by atoms with van der Waals surface area (Å²) in [7, 11) is 1.37. The highest BCUT2D eigenvalue weighted by Crippen LogP contribution is 2.19. The molecule has 1 aromatic rings. The lowest BCUT2D eigenvalue weighted by atomic mass is 10.2. The number of halogens is 1. The highest BCUT2D eigenvalue weighted by Gasteiger charge is 2.17. The molecule has 0 radical (unpaired) electrons. The van der Waals surface area contributed by atoms with Crippen molar-refractivity contribution in [2.75, 3.05) is 12.4 Å². The van der Waals surface area contributed by atoms with Gasteiger partial charge in [-0.25, -0.2) is 14.0 Å². The van der Waals surface area contributed by atoms with Crippen LogP contribution in [0.1, 0.15) is 13.3 Å². The molecule has 1 rings (SSSR count). The van der Waals surface area contributed by atoms with Gasteiger partial charge in [-0.15, -0.1) is 0 Å². The van der Waals surface area contributed by atoms with Crippen molar-refractivity contribution < 1.29 is 23.8 Å². The highest BCUT2D eigenvalue weighted by atomic mass is 19.1. The van der Waals surface area contributed by atoms with Crippen molar-refractivity contribution in [3.8, 4) is 5.75 Å². The maximum atomic E-state index is 13.2. The summed E-state index contributed by atoms with van der Waals surface area (Å²) in [6, 6.07) is 1.97. The highest BCUT2D eigenvalue weighted by molar-refractivity contribution is 5.92.